The average molecular weight is 503 g/mol. The number of rotatable bonds is 7. The molecule has 3 aliphatic rings. The van der Waals surface area contributed by atoms with Crippen LogP contribution in [0.1, 0.15) is 29.8 Å². The second-order valence-corrected chi connectivity index (χ2v) is 10.1. The van der Waals surface area contributed by atoms with Gasteiger partial charge in [-0.1, -0.05) is 12.1 Å². The number of nitrogens with zero attached hydrogens (tertiary/aromatic N) is 3. The van der Waals surface area contributed by atoms with Gasteiger partial charge in [0.1, 0.15) is 11.6 Å². The molecule has 4 heterocycles. The Labute approximate surface area is 217 Å². The van der Waals surface area contributed by atoms with E-state index in [9.17, 15) is 4.39 Å². The lowest BCUT2D eigenvalue weighted by atomic mass is 9.94. The van der Waals surface area contributed by atoms with Crippen LogP contribution in [-0.4, -0.2) is 84.8 Å². The SMILES string of the molecule is Fc1cccc(/C(=C2/CNc3ccc(NC4CCN(CCN5CCOCC5)CC4)cc32)c2ncc[nH]2)c1. The number of aromatic amines is 1. The van der Waals surface area contributed by atoms with Gasteiger partial charge in [-0.15, -0.1) is 0 Å². The molecule has 3 aromatic rings. The number of hydrogen-bond acceptors (Lipinski definition) is 6. The molecule has 2 saturated heterocycles. The summed E-state index contributed by atoms with van der Waals surface area (Å²) in [5, 5.41) is 7.31. The van der Waals surface area contributed by atoms with Gasteiger partial charge in [0.05, 0.1) is 13.2 Å². The molecule has 3 aliphatic heterocycles. The third-order valence-corrected chi connectivity index (χ3v) is 7.74. The van der Waals surface area contributed by atoms with E-state index in [1.807, 2.05) is 12.3 Å². The molecule has 2 fully saturated rings. The maximum absolute atomic E-state index is 14.2. The van der Waals surface area contributed by atoms with Crippen molar-refractivity contribution in [3.63, 3.8) is 0 Å². The number of ether oxygens (including phenoxy) is 1. The zero-order valence-electron chi connectivity index (χ0n) is 21.2. The third kappa shape index (κ3) is 5.56. The summed E-state index contributed by atoms with van der Waals surface area (Å²) < 4.78 is 19.6. The molecule has 0 spiro atoms. The molecular weight excluding hydrogens is 467 g/mol. The lowest BCUT2D eigenvalue weighted by Crippen LogP contribution is -2.45. The maximum atomic E-state index is 14.2. The van der Waals surface area contributed by atoms with Crippen LogP contribution in [0.5, 0.6) is 0 Å². The van der Waals surface area contributed by atoms with Gasteiger partial charge >= 0.3 is 0 Å². The summed E-state index contributed by atoms with van der Waals surface area (Å²) in [5.74, 6) is 0.498. The Balaban J connectivity index is 1.16. The summed E-state index contributed by atoms with van der Waals surface area (Å²) in [6, 6.07) is 13.8. The minimum Gasteiger partial charge on any atom is -0.382 e. The Morgan fingerprint density at radius 1 is 1.03 bits per heavy atom. The van der Waals surface area contributed by atoms with Crippen molar-refractivity contribution in [3.8, 4) is 0 Å². The maximum Gasteiger partial charge on any atom is 0.138 e. The number of imidazole rings is 1. The van der Waals surface area contributed by atoms with Crippen molar-refractivity contribution in [2.24, 2.45) is 0 Å². The number of fused-ring (bicyclic) bond motifs is 1. The Kier molecular flexibility index (Phi) is 7.21. The van der Waals surface area contributed by atoms with Crippen LogP contribution in [0.4, 0.5) is 15.8 Å². The first kappa shape index (κ1) is 24.2. The van der Waals surface area contributed by atoms with E-state index in [1.54, 1.807) is 18.3 Å². The number of morpholine rings is 1. The molecule has 8 heteroatoms. The Morgan fingerprint density at radius 3 is 2.59 bits per heavy atom. The number of benzene rings is 2. The van der Waals surface area contributed by atoms with Gasteiger partial charge in [-0.2, -0.15) is 0 Å². The molecule has 2 aromatic carbocycles. The Bertz CT molecular complexity index is 1230. The number of anilines is 2. The number of H-pyrrole nitrogens is 1. The van der Waals surface area contributed by atoms with Crippen molar-refractivity contribution in [1.82, 2.24) is 19.8 Å². The number of halogens is 1. The van der Waals surface area contributed by atoms with E-state index in [-0.39, 0.29) is 5.82 Å². The first-order chi connectivity index (χ1) is 18.2. The average Bonchev–Trinajstić information content (AvgIpc) is 3.60. The van der Waals surface area contributed by atoms with Crippen LogP contribution in [0.25, 0.3) is 11.1 Å². The largest absolute Gasteiger partial charge is 0.382 e. The van der Waals surface area contributed by atoms with Crippen molar-refractivity contribution in [1.29, 1.82) is 0 Å². The number of hydrogen-bond donors (Lipinski definition) is 3. The standard InChI is InChI=1S/C29H35FN6O/c30-22-3-1-2-21(18-22)28(29-31-8-9-32-29)26-20-33-27-5-4-24(19-25(26)27)34-23-6-10-35(11-7-23)12-13-36-14-16-37-17-15-36/h1-5,8-9,18-19,23,33-34H,6-7,10-17,20H2,(H,31,32)/b28-26+. The molecule has 0 radical (unpaired) electrons. The fraction of sp³-hybridized carbons (Fsp3) is 0.414. The van der Waals surface area contributed by atoms with Gasteiger partial charge in [0.15, 0.2) is 0 Å². The van der Waals surface area contributed by atoms with Gasteiger partial charge in [-0.05, 0) is 54.3 Å². The molecule has 0 atom stereocenters. The normalized spacial score (nSPS) is 20.5. The second-order valence-electron chi connectivity index (χ2n) is 10.1. The van der Waals surface area contributed by atoms with E-state index in [0.717, 1.165) is 105 Å². The van der Waals surface area contributed by atoms with E-state index in [2.05, 4.69) is 48.6 Å². The van der Waals surface area contributed by atoms with E-state index in [1.165, 1.54) is 6.07 Å². The highest BCUT2D eigenvalue weighted by Crippen LogP contribution is 2.39. The molecule has 0 amide bonds. The van der Waals surface area contributed by atoms with Crippen LogP contribution < -0.4 is 10.6 Å². The molecule has 6 rings (SSSR count). The zero-order chi connectivity index (χ0) is 25.0. The summed E-state index contributed by atoms with van der Waals surface area (Å²) in [6.45, 7) is 9.05. The highest BCUT2D eigenvalue weighted by atomic mass is 19.1. The van der Waals surface area contributed by atoms with Crippen molar-refractivity contribution in [3.05, 3.63) is 77.6 Å². The summed E-state index contributed by atoms with van der Waals surface area (Å²) in [4.78, 5) is 12.8. The van der Waals surface area contributed by atoms with Crippen LogP contribution in [0, 0.1) is 5.82 Å². The first-order valence-electron chi connectivity index (χ1n) is 13.4. The molecule has 3 N–H and O–H groups in total. The van der Waals surface area contributed by atoms with Crippen LogP contribution in [0.3, 0.4) is 0 Å². The Morgan fingerprint density at radius 2 is 1.84 bits per heavy atom. The molecule has 7 nitrogen and oxygen atoms in total. The second kappa shape index (κ2) is 11.0. The van der Waals surface area contributed by atoms with Gasteiger partial charge in [0.25, 0.3) is 0 Å². The van der Waals surface area contributed by atoms with Gasteiger partial charge in [-0.3, -0.25) is 4.90 Å². The predicted octanol–water partition coefficient (Wildman–Crippen LogP) is 4.14. The zero-order valence-corrected chi connectivity index (χ0v) is 21.2. The number of piperidine rings is 1. The Hall–Kier alpha value is -3.20. The molecular formula is C29H35FN6O. The monoisotopic (exact) mass is 502 g/mol. The summed E-state index contributed by atoms with van der Waals surface area (Å²) >= 11 is 0. The topological polar surface area (TPSA) is 68.4 Å². The van der Waals surface area contributed by atoms with E-state index < -0.39 is 0 Å². The summed E-state index contributed by atoms with van der Waals surface area (Å²) in [5.41, 5.74) is 6.24. The smallest absolute Gasteiger partial charge is 0.138 e. The highest BCUT2D eigenvalue weighted by molar-refractivity contribution is 6.03. The van der Waals surface area contributed by atoms with Crippen molar-refractivity contribution < 1.29 is 9.13 Å². The number of aromatic nitrogens is 2. The molecule has 0 saturated carbocycles. The molecule has 0 bridgehead atoms. The minimum atomic E-state index is -0.250. The quantitative estimate of drug-likeness (QED) is 0.451. The fourth-order valence-electron chi connectivity index (χ4n) is 5.68. The van der Waals surface area contributed by atoms with Crippen molar-refractivity contribution in [2.75, 3.05) is 69.7 Å². The lowest BCUT2D eigenvalue weighted by molar-refractivity contribution is 0.0322. The van der Waals surface area contributed by atoms with Crippen molar-refractivity contribution >= 4 is 22.5 Å². The van der Waals surface area contributed by atoms with E-state index >= 15 is 0 Å². The number of nitrogens with one attached hydrogen (secondary N) is 3. The highest BCUT2D eigenvalue weighted by Gasteiger charge is 2.25. The number of likely N-dealkylation sites (tertiary alicyclic amines) is 1. The molecule has 1 aromatic heterocycles. The van der Waals surface area contributed by atoms with Gasteiger partial charge in [0, 0.05) is 86.8 Å². The predicted molar refractivity (Wildman–Crippen MR) is 146 cm³/mol. The van der Waals surface area contributed by atoms with Gasteiger partial charge in [0.2, 0.25) is 0 Å². The summed E-state index contributed by atoms with van der Waals surface area (Å²) in [6.07, 6.45) is 5.83. The van der Waals surface area contributed by atoms with Crippen LogP contribution >= 0.6 is 0 Å². The molecule has 37 heavy (non-hydrogen) atoms. The summed E-state index contributed by atoms with van der Waals surface area (Å²) in [7, 11) is 0. The van der Waals surface area contributed by atoms with Gasteiger partial charge in [-0.25, -0.2) is 9.37 Å². The van der Waals surface area contributed by atoms with Gasteiger partial charge < -0.3 is 25.3 Å². The lowest BCUT2D eigenvalue weighted by Gasteiger charge is -2.35. The first-order valence-corrected chi connectivity index (χ1v) is 13.4. The van der Waals surface area contributed by atoms with E-state index in [4.69, 9.17) is 4.74 Å². The molecule has 194 valence electrons. The van der Waals surface area contributed by atoms with Crippen LogP contribution in [0.15, 0.2) is 54.9 Å². The molecule has 0 aliphatic carbocycles. The minimum absolute atomic E-state index is 0.250. The molecule has 0 unspecified atom stereocenters. The van der Waals surface area contributed by atoms with Crippen molar-refractivity contribution in [2.45, 2.75) is 18.9 Å². The van der Waals surface area contributed by atoms with Crippen LogP contribution in [0.2, 0.25) is 0 Å². The van der Waals surface area contributed by atoms with E-state index in [0.29, 0.717) is 12.6 Å². The van der Waals surface area contributed by atoms with Crippen LogP contribution in [-0.2, 0) is 4.74 Å². The fourth-order valence-corrected chi connectivity index (χ4v) is 5.68. The third-order valence-electron chi connectivity index (χ3n) is 7.74.